The molecule has 308 valence electrons. The monoisotopic (exact) mass is 819 g/mol. The van der Waals surface area contributed by atoms with E-state index in [0.717, 1.165) is 55.0 Å². The molecule has 7 rings (SSSR count). The minimum atomic E-state index is -0.352. The Kier molecular flexibility index (Phi) is 12.7. The van der Waals surface area contributed by atoms with Gasteiger partial charge in [-0.2, -0.15) is 4.98 Å². The Labute approximate surface area is 345 Å². The molecule has 0 radical (unpaired) electrons. The molecule has 2 fully saturated rings. The average molecular weight is 820 g/mol. The summed E-state index contributed by atoms with van der Waals surface area (Å²) in [5, 5.41) is 12.9. The largest absolute Gasteiger partial charge is 0.368 e. The smallest absolute Gasteiger partial charge is 0.263 e. The lowest BCUT2D eigenvalue weighted by Gasteiger charge is -2.35. The molecule has 16 nitrogen and oxygen atoms in total. The summed E-state index contributed by atoms with van der Waals surface area (Å²) in [6, 6.07) is 10.7. The zero-order valence-corrected chi connectivity index (χ0v) is 34.6. The number of nitrogens with one attached hydrogen (secondary N) is 4. The Morgan fingerprint density at radius 3 is 2.34 bits per heavy atom. The van der Waals surface area contributed by atoms with Crippen molar-refractivity contribution in [2.24, 2.45) is 0 Å². The van der Waals surface area contributed by atoms with Gasteiger partial charge in [0, 0.05) is 61.6 Å². The molecule has 3 amide bonds. The highest BCUT2D eigenvalue weighted by atomic mass is 32.1. The molecule has 4 N–H and O–H groups in total. The predicted octanol–water partition coefficient (Wildman–Crippen LogP) is 5.54. The number of pyridine rings is 2. The summed E-state index contributed by atoms with van der Waals surface area (Å²) < 4.78 is 1.69. The molecule has 17 heteroatoms. The number of rotatable bonds is 14. The van der Waals surface area contributed by atoms with E-state index in [-0.39, 0.29) is 53.6 Å². The third kappa shape index (κ3) is 9.63. The van der Waals surface area contributed by atoms with Crippen molar-refractivity contribution in [2.75, 3.05) is 60.1 Å². The first-order valence-corrected chi connectivity index (χ1v) is 20.8. The molecule has 5 aromatic rings. The Bertz CT molecular complexity index is 2410. The quantitative estimate of drug-likeness (QED) is 0.0808. The number of hydrogen-bond donors (Lipinski definition) is 4. The summed E-state index contributed by atoms with van der Waals surface area (Å²) in [5.41, 5.74) is 3.59. The van der Waals surface area contributed by atoms with E-state index in [1.807, 2.05) is 26.0 Å². The molecule has 1 aromatic carbocycles. The van der Waals surface area contributed by atoms with E-state index in [4.69, 9.17) is 4.98 Å². The van der Waals surface area contributed by atoms with Gasteiger partial charge in [0.2, 0.25) is 17.8 Å². The number of piperazine rings is 1. The van der Waals surface area contributed by atoms with Crippen LogP contribution in [0, 0.1) is 20.8 Å². The Morgan fingerprint density at radius 2 is 1.64 bits per heavy atom. The van der Waals surface area contributed by atoms with Gasteiger partial charge < -0.3 is 20.9 Å². The molecule has 1 saturated carbocycles. The zero-order chi connectivity index (χ0) is 41.6. The Morgan fingerprint density at radius 1 is 0.881 bits per heavy atom. The second-order valence-electron chi connectivity index (χ2n) is 15.1. The molecule has 5 heterocycles. The van der Waals surface area contributed by atoms with Gasteiger partial charge in [-0.25, -0.2) is 15.0 Å². The van der Waals surface area contributed by atoms with Crippen LogP contribution in [0.15, 0.2) is 53.6 Å². The number of Topliss-reactive ketones (excluding diaryl/α,β-unsaturated/α-hetero) is 1. The standard InChI is InChI=1S/C42H49N11O5S/c1-25-32-23-45-41(49-38(32)53(29-10-5-6-11-29)40(58)37(25)27(3)54)48-34-16-15-30(22-44-34)52-20-18-51(19-21-52)24-36(56)43-17-9-14-35(55)47-33-13-8-7-12-31(33)39(57)50-42-46-26(2)28(4)59-42/h7-8,12-13,15-16,22-23,29H,5-6,9-11,14,17-21,24H2,1-4H3,(H,43,56)(H,47,55)(H,46,50,57)(H,44,45,48,49). The number of hydrogen-bond acceptors (Lipinski definition) is 13. The van der Waals surface area contributed by atoms with Crippen molar-refractivity contribution in [3.05, 3.63) is 86.4 Å². The van der Waals surface area contributed by atoms with Crippen molar-refractivity contribution >= 4 is 74.1 Å². The second kappa shape index (κ2) is 18.2. The Hall–Kier alpha value is -6.07. The maximum absolute atomic E-state index is 13.5. The number of carbonyl (C=O) groups excluding carboxylic acids is 4. The third-order valence-corrected chi connectivity index (χ3v) is 11.9. The van der Waals surface area contributed by atoms with Crippen LogP contribution in [0.5, 0.6) is 0 Å². The number of aryl methyl sites for hydroxylation is 3. The van der Waals surface area contributed by atoms with Crippen LogP contribution in [-0.4, -0.2) is 92.2 Å². The fourth-order valence-corrected chi connectivity index (χ4v) is 8.47. The van der Waals surface area contributed by atoms with Gasteiger partial charge in [0.1, 0.15) is 11.5 Å². The molecule has 59 heavy (non-hydrogen) atoms. The van der Waals surface area contributed by atoms with Gasteiger partial charge in [-0.15, -0.1) is 11.3 Å². The Balaban J connectivity index is 0.850. The van der Waals surface area contributed by atoms with Crippen molar-refractivity contribution in [3.63, 3.8) is 0 Å². The van der Waals surface area contributed by atoms with Crippen LogP contribution in [0.25, 0.3) is 11.0 Å². The van der Waals surface area contributed by atoms with Gasteiger partial charge in [0.05, 0.1) is 40.9 Å². The molecule has 1 saturated heterocycles. The number of para-hydroxylation sites is 1. The van der Waals surface area contributed by atoms with E-state index >= 15 is 0 Å². The highest BCUT2D eigenvalue weighted by Crippen LogP contribution is 2.32. The predicted molar refractivity (Wildman–Crippen MR) is 229 cm³/mol. The molecule has 1 aliphatic carbocycles. The van der Waals surface area contributed by atoms with Crippen molar-refractivity contribution in [1.82, 2.24) is 34.7 Å². The fraction of sp³-hybridized carbons (Fsp3) is 0.405. The number of amides is 3. The first kappa shape index (κ1) is 41.1. The van der Waals surface area contributed by atoms with E-state index in [1.54, 1.807) is 48.1 Å². The van der Waals surface area contributed by atoms with E-state index in [0.29, 0.717) is 70.8 Å². The third-order valence-electron chi connectivity index (χ3n) is 10.9. The van der Waals surface area contributed by atoms with Crippen LogP contribution in [0.3, 0.4) is 0 Å². The molecule has 0 bridgehead atoms. The van der Waals surface area contributed by atoms with Gasteiger partial charge in [0.15, 0.2) is 10.9 Å². The summed E-state index contributed by atoms with van der Waals surface area (Å²) >= 11 is 1.40. The van der Waals surface area contributed by atoms with Crippen molar-refractivity contribution < 1.29 is 19.2 Å². The molecule has 0 atom stereocenters. The molecular formula is C42H49N11O5S. The molecule has 1 aliphatic heterocycles. The average Bonchev–Trinajstić information content (AvgIpc) is 3.86. The first-order valence-electron chi connectivity index (χ1n) is 20.0. The van der Waals surface area contributed by atoms with Crippen LogP contribution in [0.2, 0.25) is 0 Å². The van der Waals surface area contributed by atoms with Crippen LogP contribution in [0.4, 0.5) is 28.3 Å². The van der Waals surface area contributed by atoms with Gasteiger partial charge in [0.25, 0.3) is 11.5 Å². The van der Waals surface area contributed by atoms with Gasteiger partial charge in [-0.05, 0) is 76.8 Å². The number of benzene rings is 1. The molecule has 0 spiro atoms. The van der Waals surface area contributed by atoms with Crippen molar-refractivity contribution in [2.45, 2.75) is 72.3 Å². The highest BCUT2D eigenvalue weighted by Gasteiger charge is 2.26. The summed E-state index contributed by atoms with van der Waals surface area (Å²) in [5.74, 6) is -0.0888. The zero-order valence-electron chi connectivity index (χ0n) is 33.8. The van der Waals surface area contributed by atoms with Gasteiger partial charge in [-0.3, -0.25) is 38.8 Å². The normalized spacial score (nSPS) is 14.7. The van der Waals surface area contributed by atoms with E-state index in [1.165, 1.54) is 18.3 Å². The number of aromatic nitrogens is 5. The minimum Gasteiger partial charge on any atom is -0.368 e. The number of nitrogens with zero attached hydrogens (tertiary/aromatic N) is 7. The van der Waals surface area contributed by atoms with E-state index < -0.39 is 0 Å². The molecular weight excluding hydrogens is 771 g/mol. The topological polar surface area (TPSA) is 196 Å². The number of ketones is 1. The number of fused-ring (bicyclic) bond motifs is 1. The van der Waals surface area contributed by atoms with Crippen LogP contribution in [0.1, 0.15) is 88.3 Å². The minimum absolute atomic E-state index is 0.00742. The summed E-state index contributed by atoms with van der Waals surface area (Å²) in [6.07, 6.45) is 7.88. The first-order chi connectivity index (χ1) is 28.4. The lowest BCUT2D eigenvalue weighted by molar-refractivity contribution is -0.122. The fourth-order valence-electron chi connectivity index (χ4n) is 7.66. The van der Waals surface area contributed by atoms with Crippen molar-refractivity contribution in [1.29, 1.82) is 0 Å². The maximum atomic E-state index is 13.5. The lowest BCUT2D eigenvalue weighted by atomic mass is 10.0. The van der Waals surface area contributed by atoms with Gasteiger partial charge in [-0.1, -0.05) is 25.0 Å². The van der Waals surface area contributed by atoms with Crippen molar-refractivity contribution in [3.8, 4) is 0 Å². The lowest BCUT2D eigenvalue weighted by Crippen LogP contribution is -2.49. The van der Waals surface area contributed by atoms with Gasteiger partial charge >= 0.3 is 0 Å². The van der Waals surface area contributed by atoms with E-state index in [9.17, 15) is 24.0 Å². The highest BCUT2D eigenvalue weighted by molar-refractivity contribution is 7.15. The molecule has 2 aliphatic rings. The second-order valence-corrected chi connectivity index (χ2v) is 16.3. The number of carbonyl (C=O) groups is 4. The molecule has 0 unspecified atom stereocenters. The van der Waals surface area contributed by atoms with Crippen LogP contribution >= 0.6 is 11.3 Å². The SMILES string of the molecule is CC(=O)c1c(C)c2cnc(Nc3ccc(N4CCN(CC(=O)NCCCC(=O)Nc5ccccc5C(=O)Nc5nc(C)c(C)s5)CC4)cn3)nc2n(C2CCCC2)c1=O. The number of thiazole rings is 1. The van der Waals surface area contributed by atoms with Crippen LogP contribution < -0.4 is 31.7 Å². The van der Waals surface area contributed by atoms with E-state index in [2.05, 4.69) is 46.0 Å². The van der Waals surface area contributed by atoms with Crippen LogP contribution in [-0.2, 0) is 9.59 Å². The summed E-state index contributed by atoms with van der Waals surface area (Å²) in [6.45, 7) is 10.5. The summed E-state index contributed by atoms with van der Waals surface area (Å²) in [7, 11) is 0. The summed E-state index contributed by atoms with van der Waals surface area (Å²) in [4.78, 5) is 88.0. The maximum Gasteiger partial charge on any atom is 0.263 e. The molecule has 4 aromatic heterocycles. The number of anilines is 5.